The van der Waals surface area contributed by atoms with Crippen molar-refractivity contribution in [3.05, 3.63) is 289 Å². The number of halogens is 1. The Morgan fingerprint density at radius 3 is 1.12 bits per heavy atom. The Kier molecular flexibility index (Phi) is 31.3. The highest BCUT2D eigenvalue weighted by atomic mass is 31.2. The van der Waals surface area contributed by atoms with E-state index < -0.39 is 270 Å². The molecular weight excluding hydrogens is 1950 g/mol. The number of benzene rings is 4. The number of nitrogens with zero attached hydrogens (tertiary/aromatic N) is 6. The highest BCUT2D eigenvalue weighted by Crippen LogP contribution is 2.57. The number of piperidine rings is 1. The average Bonchev–Trinajstić information content (AvgIpc) is 1.57. The third kappa shape index (κ3) is 23.9. The molecule has 0 amide bonds. The Bertz CT molecular complexity index is 6840. The predicted molar refractivity (Wildman–Crippen MR) is 474 cm³/mol. The number of methoxy groups -OCH3 is 3. The molecule has 4 aromatic carbocycles. The van der Waals surface area contributed by atoms with Crippen LogP contribution in [0.15, 0.2) is 188 Å². The van der Waals surface area contributed by atoms with E-state index in [0.717, 1.165) is 59.9 Å². The molecule has 6 aliphatic rings. The van der Waals surface area contributed by atoms with Crippen molar-refractivity contribution in [1.29, 1.82) is 0 Å². The number of aromatic nitrogens is 10. The molecule has 5 aromatic heterocycles. The lowest BCUT2D eigenvalue weighted by Gasteiger charge is -2.44. The molecule has 0 radical (unpaired) electrons. The van der Waals surface area contributed by atoms with Crippen molar-refractivity contribution in [1.82, 2.24) is 47.8 Å². The molecule has 6 saturated heterocycles. The summed E-state index contributed by atoms with van der Waals surface area (Å²) in [6.07, 6.45) is -25.6. The molecule has 139 heavy (non-hydrogen) atoms. The molecule has 20 atom stereocenters. The Morgan fingerprint density at radius 2 is 0.763 bits per heavy atom. The van der Waals surface area contributed by atoms with Crippen molar-refractivity contribution in [3.8, 4) is 11.5 Å². The Labute approximate surface area is 782 Å². The lowest BCUT2D eigenvalue weighted by molar-refractivity contribution is -0.275. The van der Waals surface area contributed by atoms with Gasteiger partial charge in [0.2, 0.25) is 0 Å². The maximum absolute atomic E-state index is 15.5. The summed E-state index contributed by atoms with van der Waals surface area (Å²) < 4.78 is 204. The molecular formula is C82H97FN11O40P5. The molecule has 4 unspecified atom stereocenters. The molecule has 51 nitrogen and oxygen atoms in total. The van der Waals surface area contributed by atoms with Gasteiger partial charge in [0.05, 0.1) is 52.9 Å². The van der Waals surface area contributed by atoms with E-state index in [0.29, 0.717) is 28.2 Å². The Balaban J connectivity index is 0.702. The van der Waals surface area contributed by atoms with Gasteiger partial charge in [0, 0.05) is 118 Å². The summed E-state index contributed by atoms with van der Waals surface area (Å²) in [7, 11) is -24.2. The second-order valence-electron chi connectivity index (χ2n) is 33.1. The minimum atomic E-state index is -5.88. The molecule has 6 fully saturated rings. The maximum atomic E-state index is 15.5. The molecule has 752 valence electrons. The molecule has 6 aliphatic heterocycles. The number of hydrogen-bond donors (Lipinski definition) is 11. The smallest absolute Gasteiger partial charge is 0.472 e. The summed E-state index contributed by atoms with van der Waals surface area (Å²) in [5.41, 5.74) is -9.76. The third-order valence-corrected chi connectivity index (χ3v) is 28.5. The van der Waals surface area contributed by atoms with Crippen LogP contribution in [0.2, 0.25) is 0 Å². The molecule has 9 aromatic rings. The van der Waals surface area contributed by atoms with E-state index in [1.54, 1.807) is 95.9 Å². The zero-order valence-corrected chi connectivity index (χ0v) is 79.0. The van der Waals surface area contributed by atoms with E-state index in [4.69, 9.17) is 88.1 Å². The van der Waals surface area contributed by atoms with Gasteiger partial charge in [-0.25, -0.2) is 51.2 Å². The van der Waals surface area contributed by atoms with Crippen LogP contribution in [0, 0.1) is 33.5 Å². The van der Waals surface area contributed by atoms with Gasteiger partial charge in [0.1, 0.15) is 115 Å². The van der Waals surface area contributed by atoms with E-state index in [-0.39, 0.29) is 53.9 Å². The van der Waals surface area contributed by atoms with Gasteiger partial charge < -0.3 is 81.6 Å². The number of rotatable bonds is 39. The lowest BCUT2D eigenvalue weighted by Crippen LogP contribution is -2.52. The fourth-order valence-corrected chi connectivity index (χ4v) is 21.4. The van der Waals surface area contributed by atoms with E-state index >= 15 is 8.96 Å². The van der Waals surface area contributed by atoms with E-state index in [1.807, 2.05) is 4.98 Å². The van der Waals surface area contributed by atoms with Gasteiger partial charge in [-0.2, -0.15) is 0 Å². The number of nitrogens with one attached hydrogen (secondary N) is 5. The van der Waals surface area contributed by atoms with Gasteiger partial charge >= 0.3 is 67.6 Å². The lowest BCUT2D eigenvalue weighted by atomic mass is 9.80. The summed E-state index contributed by atoms with van der Waals surface area (Å²) in [5.74, 6) is -1.38. The summed E-state index contributed by atoms with van der Waals surface area (Å²) in [6.45, 7) is -0.0587. The molecule has 15 rings (SSSR count). The highest BCUT2D eigenvalue weighted by Gasteiger charge is 2.57. The van der Waals surface area contributed by atoms with Crippen molar-refractivity contribution >= 4 is 44.8 Å². The molecule has 0 spiro atoms. The van der Waals surface area contributed by atoms with Crippen LogP contribution in [0.1, 0.15) is 109 Å². The zero-order valence-electron chi connectivity index (χ0n) is 74.6. The first-order chi connectivity index (χ1) is 65.8. The number of phosphoric acid groups is 5. The topological polar surface area (TPSA) is 660 Å². The van der Waals surface area contributed by atoms with Crippen molar-refractivity contribution in [2.75, 3.05) is 72.4 Å². The van der Waals surface area contributed by atoms with Crippen LogP contribution in [0.3, 0.4) is 0 Å². The SMILES string of the molecule is COc1ccc(C(OC[C@H]2O[C@@H](n3ccc(=O)[nH]c3=O)[C@H](OC3(OC)CCN(c4ccccc4F)CC3)[C@@H]2OP(=O)(O)OC[C@H]2O[C@@H](n3cc(C)c(=O)[nH]c3=O)C[C@@H]2OP(=O)(O)OC[C@H]2O[C@@H](n3cc(C)c(=O)[nH]c3=O)C[C@@H]2OP(=O)(O)OC[C@H]2O[C@@H](n3cc(C)c(=O)[nH]c3=O)C[C@@H]2OP(=O)(O)OC[C@H]2O[C@@H](n3cc(C)c(=O)[nH]c3=O)C[C@@H]2OP(=O)(O)O)(c2ccccc2)c2ccc(OC)cc2)cc1. The van der Waals surface area contributed by atoms with Gasteiger partial charge in [0.15, 0.2) is 12.0 Å². The number of para-hydroxylation sites is 1. The number of anilines is 1. The minimum absolute atomic E-state index is 0.00326. The largest absolute Gasteiger partial charge is 0.497 e. The normalized spacial score (nSPS) is 26.2. The summed E-state index contributed by atoms with van der Waals surface area (Å²) >= 11 is 0. The summed E-state index contributed by atoms with van der Waals surface area (Å²) in [5, 5.41) is 0. The quantitative estimate of drug-likeness (QED) is 0.0149. The van der Waals surface area contributed by atoms with Crippen molar-refractivity contribution in [3.63, 3.8) is 0 Å². The number of ether oxygens (including phenoxy) is 10. The van der Waals surface area contributed by atoms with Crippen LogP contribution in [0.25, 0.3) is 0 Å². The number of hydrogen-bond acceptors (Lipinski definition) is 35. The van der Waals surface area contributed by atoms with E-state index in [2.05, 4.69) is 19.9 Å². The Hall–Kier alpha value is -10.2. The molecule has 11 N–H and O–H groups in total. The highest BCUT2D eigenvalue weighted by molar-refractivity contribution is 7.48. The third-order valence-electron chi connectivity index (χ3n) is 24.0. The van der Waals surface area contributed by atoms with Crippen LogP contribution in [0.5, 0.6) is 11.5 Å². The number of aryl methyl sites for hydroxylation is 4. The van der Waals surface area contributed by atoms with Crippen molar-refractivity contribution in [2.45, 2.75) is 176 Å². The number of aromatic amines is 5. The summed E-state index contributed by atoms with van der Waals surface area (Å²) in [6, 6.07) is 29.5. The molecule has 0 bridgehead atoms. The number of phosphoric ester groups is 5. The van der Waals surface area contributed by atoms with Gasteiger partial charge in [-0.3, -0.25) is 112 Å². The maximum Gasteiger partial charge on any atom is 0.472 e. The predicted octanol–water partition coefficient (Wildman–Crippen LogP) is 3.70. The first kappa shape index (κ1) is 103. The van der Waals surface area contributed by atoms with Crippen LogP contribution < -0.4 is 70.6 Å². The van der Waals surface area contributed by atoms with Crippen LogP contribution in [0.4, 0.5) is 10.1 Å². The van der Waals surface area contributed by atoms with E-state index in [9.17, 15) is 95.6 Å². The monoisotopic (exact) mass is 2050 g/mol. The summed E-state index contributed by atoms with van der Waals surface area (Å²) in [4.78, 5) is 210. The standard InChI is InChI=1S/C82H97FN11O40P5/c1-44-35-91(77(101)85-71(44)96)65-31-55(130-135(105,106)107)59(124-65)40-120-136(108,109)131-56-32-66(92-36-45(2)72(97)86-78(92)102)125-60(56)41-121-137(110,111)132-57-33-67(93-37-46(3)73(98)87-79(93)103)126-61(57)42-122-138(112,113)133-58-34-68(94-38-47(4)74(99)88-80(94)104)127-62(58)43-123-139(114,115)134-69-63(39-119-82(48-13-9-8-10-14-48,49-17-21-51(116-5)22-18-49)50-19-23-52(117-6)24-20-50)128-75(90-28-25-64(95)84-76(90)100)70(69)129-81(118-7)26-29-89(30-27-81)54-16-12-11-15-53(54)83/h8-25,28,35-38,55-63,65-70,75H,26-27,29-34,39-43H2,1-7H3,(H,108,109)(H,110,111)(H,112,113)(H,114,115)(H,84,95,100)(H,85,96,101)(H,86,97,102)(H,87,98,103)(H,88,99,104)(H2,105,106,107)/t55-,56-,57-,58-,59+,60+,61+,62+,63+,65+,66+,67+,68+,69+,70+,75+/m0/s1. The van der Waals surface area contributed by atoms with Gasteiger partial charge in [0.25, 0.3) is 27.8 Å². The minimum Gasteiger partial charge on any atom is -0.497 e. The second-order valence-corrected chi connectivity index (χ2v) is 39.9. The zero-order chi connectivity index (χ0) is 99.8. The van der Waals surface area contributed by atoms with Gasteiger partial charge in [-0.15, -0.1) is 0 Å². The number of H-pyrrole nitrogens is 5. The van der Waals surface area contributed by atoms with Crippen molar-refractivity contribution in [2.24, 2.45) is 0 Å². The van der Waals surface area contributed by atoms with Crippen LogP contribution in [-0.4, -0.2) is 217 Å². The van der Waals surface area contributed by atoms with Crippen LogP contribution in [-0.2, 0) is 107 Å². The fourth-order valence-electron chi connectivity index (χ4n) is 17.0. The Morgan fingerprint density at radius 1 is 0.410 bits per heavy atom. The van der Waals surface area contributed by atoms with Gasteiger partial charge in [-0.1, -0.05) is 66.7 Å². The fraction of sp³-hybridized carbons (Fsp3) is 0.463. The van der Waals surface area contributed by atoms with Crippen molar-refractivity contribution < 1.29 is 145 Å². The van der Waals surface area contributed by atoms with Gasteiger partial charge in [-0.05, 0) is 80.8 Å². The second kappa shape index (κ2) is 42.2. The van der Waals surface area contributed by atoms with Crippen LogP contribution >= 0.6 is 39.1 Å². The first-order valence-electron chi connectivity index (χ1n) is 42.8. The first-order valence-corrected chi connectivity index (χ1v) is 50.3. The molecule has 0 aliphatic carbocycles. The molecule has 0 saturated carbocycles. The van der Waals surface area contributed by atoms with E-state index in [1.165, 1.54) is 61.2 Å². The molecule has 11 heterocycles. The average molecular weight is 2050 g/mol. The molecule has 57 heteroatoms.